The lowest BCUT2D eigenvalue weighted by atomic mass is 9.84. The molecule has 2 N–H and O–H groups in total. The summed E-state index contributed by atoms with van der Waals surface area (Å²) in [6.45, 7) is 3.53. The fourth-order valence-electron chi connectivity index (χ4n) is 6.32. The van der Waals surface area contributed by atoms with Crippen LogP contribution in [0.3, 0.4) is 0 Å². The van der Waals surface area contributed by atoms with Gasteiger partial charge in [-0.15, -0.1) is 0 Å². The number of hydrogen-bond acceptors (Lipinski definition) is 7. The number of carboxylic acids is 1. The highest BCUT2D eigenvalue weighted by molar-refractivity contribution is 5.94. The van der Waals surface area contributed by atoms with Crippen molar-refractivity contribution in [2.24, 2.45) is 13.0 Å². The van der Waals surface area contributed by atoms with Gasteiger partial charge in [-0.1, -0.05) is 13.3 Å². The average molecular weight is 568 g/mol. The van der Waals surface area contributed by atoms with Crippen LogP contribution >= 0.6 is 0 Å². The summed E-state index contributed by atoms with van der Waals surface area (Å²) < 4.78 is 13.0. The molecule has 11 heteroatoms. The van der Waals surface area contributed by atoms with Crippen molar-refractivity contribution in [2.45, 2.75) is 51.2 Å². The van der Waals surface area contributed by atoms with Crippen molar-refractivity contribution in [3.63, 3.8) is 0 Å². The molecule has 220 valence electrons. The summed E-state index contributed by atoms with van der Waals surface area (Å²) >= 11 is 0. The monoisotopic (exact) mass is 567 g/mol. The molecule has 2 amide bonds. The SMILES string of the molecule is CCCCN(C(=O)CN1C[C@H](c2cc(CO)c3c(c2)OCO3)[C@@H](C(=O)O)[C@@H]1CN1CCCC1=O)c1ccc[n+](C)c1. The van der Waals surface area contributed by atoms with Crippen LogP contribution in [0.1, 0.15) is 49.7 Å². The number of aryl methyl sites for hydroxylation is 1. The van der Waals surface area contributed by atoms with E-state index in [-0.39, 0.29) is 38.3 Å². The van der Waals surface area contributed by atoms with Crippen LogP contribution in [-0.4, -0.2) is 83.4 Å². The van der Waals surface area contributed by atoms with Gasteiger partial charge in [0.2, 0.25) is 18.6 Å². The van der Waals surface area contributed by atoms with Crippen LogP contribution in [0, 0.1) is 5.92 Å². The first-order chi connectivity index (χ1) is 19.8. The number of aromatic nitrogens is 1. The molecule has 3 aliphatic heterocycles. The van der Waals surface area contributed by atoms with Gasteiger partial charge in [-0.25, -0.2) is 4.57 Å². The third kappa shape index (κ3) is 6.01. The molecule has 0 unspecified atom stereocenters. The number of rotatable bonds is 11. The molecule has 0 radical (unpaired) electrons. The third-order valence-electron chi connectivity index (χ3n) is 8.39. The Hall–Kier alpha value is -3.70. The van der Waals surface area contributed by atoms with Gasteiger partial charge in [-0.05, 0) is 36.6 Å². The van der Waals surface area contributed by atoms with E-state index in [0.29, 0.717) is 48.7 Å². The predicted octanol–water partition coefficient (Wildman–Crippen LogP) is 1.66. The van der Waals surface area contributed by atoms with Crippen molar-refractivity contribution < 1.29 is 38.6 Å². The number of unbranched alkanes of at least 4 members (excludes halogenated alkanes) is 1. The van der Waals surface area contributed by atoms with E-state index in [2.05, 4.69) is 6.92 Å². The number of hydrogen-bond donors (Lipinski definition) is 2. The van der Waals surface area contributed by atoms with Gasteiger partial charge in [0.15, 0.2) is 23.9 Å². The highest BCUT2D eigenvalue weighted by Gasteiger charge is 2.49. The maximum Gasteiger partial charge on any atom is 0.308 e. The van der Waals surface area contributed by atoms with Crippen LogP contribution in [0.2, 0.25) is 0 Å². The Morgan fingerprint density at radius 3 is 2.76 bits per heavy atom. The van der Waals surface area contributed by atoms with Gasteiger partial charge in [-0.3, -0.25) is 19.3 Å². The lowest BCUT2D eigenvalue weighted by molar-refractivity contribution is -0.670. The number of fused-ring (bicyclic) bond motifs is 1. The molecule has 3 atom stereocenters. The second-order valence-electron chi connectivity index (χ2n) is 11.1. The number of carbonyl (C=O) groups excluding carboxylic acids is 2. The number of amides is 2. The summed E-state index contributed by atoms with van der Waals surface area (Å²) in [5, 5.41) is 20.5. The number of aliphatic carboxylic acids is 1. The molecule has 41 heavy (non-hydrogen) atoms. The number of carbonyl (C=O) groups is 3. The van der Waals surface area contributed by atoms with E-state index in [4.69, 9.17) is 9.47 Å². The van der Waals surface area contributed by atoms with Crippen LogP contribution in [-0.2, 0) is 28.0 Å². The molecule has 2 saturated heterocycles. The van der Waals surface area contributed by atoms with Gasteiger partial charge in [0.05, 0.1) is 19.1 Å². The van der Waals surface area contributed by atoms with Crippen LogP contribution in [0.15, 0.2) is 36.7 Å². The Morgan fingerprint density at radius 2 is 2.07 bits per heavy atom. The Kier molecular flexibility index (Phi) is 8.74. The zero-order valence-corrected chi connectivity index (χ0v) is 23.7. The molecule has 2 aromatic rings. The Labute approximate surface area is 239 Å². The quantitative estimate of drug-likeness (QED) is 0.393. The normalized spacial score (nSPS) is 22.0. The molecule has 0 spiro atoms. The largest absolute Gasteiger partial charge is 0.481 e. The van der Waals surface area contributed by atoms with E-state index in [1.807, 2.05) is 41.0 Å². The lowest BCUT2D eigenvalue weighted by Gasteiger charge is -2.32. The predicted molar refractivity (Wildman–Crippen MR) is 148 cm³/mol. The zero-order chi connectivity index (χ0) is 29.1. The number of aliphatic hydroxyl groups is 1. The minimum absolute atomic E-state index is 0.0101. The first-order valence-corrected chi connectivity index (χ1v) is 14.3. The van der Waals surface area contributed by atoms with E-state index in [0.717, 1.165) is 24.9 Å². The van der Waals surface area contributed by atoms with E-state index in [1.165, 1.54) is 0 Å². The third-order valence-corrected chi connectivity index (χ3v) is 8.39. The van der Waals surface area contributed by atoms with Gasteiger partial charge in [0, 0.05) is 56.2 Å². The van der Waals surface area contributed by atoms with Crippen molar-refractivity contribution in [3.8, 4) is 11.5 Å². The smallest absolute Gasteiger partial charge is 0.308 e. The Morgan fingerprint density at radius 1 is 1.24 bits per heavy atom. The van der Waals surface area contributed by atoms with Crippen molar-refractivity contribution in [2.75, 3.05) is 44.4 Å². The maximum atomic E-state index is 13.9. The molecule has 3 aliphatic rings. The molecule has 5 rings (SSSR count). The highest BCUT2D eigenvalue weighted by atomic mass is 16.7. The number of pyridine rings is 1. The summed E-state index contributed by atoms with van der Waals surface area (Å²) in [5.41, 5.74) is 2.02. The number of benzene rings is 1. The molecule has 2 fully saturated rings. The number of aliphatic hydroxyl groups excluding tert-OH is 1. The van der Waals surface area contributed by atoms with Crippen molar-refractivity contribution in [1.82, 2.24) is 9.80 Å². The minimum Gasteiger partial charge on any atom is -0.481 e. The maximum absolute atomic E-state index is 13.9. The standard InChI is InChI=1S/C30H38N4O7/c1-3-4-11-34(22-7-5-9-31(2)14-22)27(37)17-33-15-23(20-12-21(18-35)29-25(13-20)40-19-41-29)28(30(38)39)24(33)16-32-10-6-8-26(32)36/h5,7,9,12-14,23-24,28,35H,3-4,6,8,10-11,15-19H2,1-2H3/p+1/t23-,24+,28-/m1/s1. The van der Waals surface area contributed by atoms with Gasteiger partial charge in [0.1, 0.15) is 12.7 Å². The molecule has 4 heterocycles. The highest BCUT2D eigenvalue weighted by Crippen LogP contribution is 2.44. The van der Waals surface area contributed by atoms with E-state index in [1.54, 1.807) is 21.9 Å². The second kappa shape index (κ2) is 12.4. The summed E-state index contributed by atoms with van der Waals surface area (Å²) in [6, 6.07) is 6.79. The summed E-state index contributed by atoms with van der Waals surface area (Å²) in [4.78, 5) is 44.8. The van der Waals surface area contributed by atoms with Gasteiger partial charge >= 0.3 is 5.97 Å². The molecule has 0 saturated carbocycles. The van der Waals surface area contributed by atoms with Crippen LogP contribution < -0.4 is 18.9 Å². The molecule has 0 bridgehead atoms. The number of anilines is 1. The average Bonchev–Trinajstić information content (AvgIpc) is 3.68. The Balaban J connectivity index is 1.48. The molecular formula is C30H39N4O7+. The summed E-state index contributed by atoms with van der Waals surface area (Å²) in [5.74, 6) is -1.51. The van der Waals surface area contributed by atoms with Crippen LogP contribution in [0.25, 0.3) is 0 Å². The van der Waals surface area contributed by atoms with Crippen LogP contribution in [0.4, 0.5) is 5.69 Å². The Bertz CT molecular complexity index is 1300. The molecule has 0 aliphatic carbocycles. The topological polar surface area (TPSA) is 124 Å². The fraction of sp³-hybridized carbons (Fsp3) is 0.533. The van der Waals surface area contributed by atoms with Crippen molar-refractivity contribution in [1.29, 1.82) is 0 Å². The van der Waals surface area contributed by atoms with E-state index >= 15 is 0 Å². The van der Waals surface area contributed by atoms with Gasteiger partial charge < -0.3 is 29.5 Å². The number of likely N-dealkylation sites (tertiary alicyclic amines) is 2. The van der Waals surface area contributed by atoms with Crippen LogP contribution in [0.5, 0.6) is 11.5 Å². The number of carboxylic acid groups (broad SMARTS) is 1. The molecule has 11 nitrogen and oxygen atoms in total. The number of nitrogens with zero attached hydrogens (tertiary/aromatic N) is 4. The molecule has 1 aromatic carbocycles. The van der Waals surface area contributed by atoms with Gasteiger partial charge in [0.25, 0.3) is 0 Å². The van der Waals surface area contributed by atoms with E-state index < -0.39 is 23.8 Å². The second-order valence-corrected chi connectivity index (χ2v) is 11.1. The van der Waals surface area contributed by atoms with E-state index in [9.17, 15) is 24.6 Å². The summed E-state index contributed by atoms with van der Waals surface area (Å²) in [7, 11) is 1.91. The van der Waals surface area contributed by atoms with Crippen molar-refractivity contribution >= 4 is 23.5 Å². The van der Waals surface area contributed by atoms with Crippen molar-refractivity contribution in [3.05, 3.63) is 47.8 Å². The fourth-order valence-corrected chi connectivity index (χ4v) is 6.32. The first-order valence-electron chi connectivity index (χ1n) is 14.3. The zero-order valence-electron chi connectivity index (χ0n) is 23.7. The van der Waals surface area contributed by atoms with Gasteiger partial charge in [-0.2, -0.15) is 0 Å². The minimum atomic E-state index is -0.984. The summed E-state index contributed by atoms with van der Waals surface area (Å²) in [6.07, 6.45) is 6.76. The molecule has 1 aromatic heterocycles. The first kappa shape index (κ1) is 28.8. The number of ether oxygens (including phenoxy) is 2. The lowest BCUT2D eigenvalue weighted by Crippen LogP contribution is -2.49. The molecular weight excluding hydrogens is 528 g/mol.